The van der Waals surface area contributed by atoms with Crippen LogP contribution in [0.2, 0.25) is 0 Å². The highest BCUT2D eigenvalue weighted by atomic mass is 16.5. The average Bonchev–Trinajstić information content (AvgIpc) is 2.24. The number of allylic oxidation sites excluding steroid dienone is 4. The molecule has 0 atom stereocenters. The van der Waals surface area contributed by atoms with Crippen LogP contribution in [0.15, 0.2) is 36.1 Å². The molecule has 0 heterocycles. The molecule has 94 valence electrons. The highest BCUT2D eigenvalue weighted by Gasteiger charge is 1.96. The van der Waals surface area contributed by atoms with Crippen molar-refractivity contribution in [2.45, 2.75) is 27.7 Å². The van der Waals surface area contributed by atoms with Gasteiger partial charge in [0.2, 0.25) is 0 Å². The van der Waals surface area contributed by atoms with Crippen molar-refractivity contribution in [3.05, 3.63) is 36.1 Å². The summed E-state index contributed by atoms with van der Waals surface area (Å²) in [7, 11) is 3.75. The first-order valence-corrected chi connectivity index (χ1v) is 5.70. The van der Waals surface area contributed by atoms with Crippen molar-refractivity contribution in [1.82, 2.24) is 5.32 Å². The van der Waals surface area contributed by atoms with Gasteiger partial charge in [0, 0.05) is 0 Å². The summed E-state index contributed by atoms with van der Waals surface area (Å²) in [5.41, 5.74) is 1.19. The Balaban J connectivity index is 0. The van der Waals surface area contributed by atoms with Gasteiger partial charge in [-0.3, -0.25) is 0 Å². The van der Waals surface area contributed by atoms with Gasteiger partial charge < -0.3 is 10.1 Å². The Bertz CT molecular complexity index is 227. The van der Waals surface area contributed by atoms with Gasteiger partial charge in [0.05, 0.1) is 6.61 Å². The Kier molecular flexibility index (Phi) is 13.1. The first-order valence-electron chi connectivity index (χ1n) is 5.70. The van der Waals surface area contributed by atoms with Crippen molar-refractivity contribution in [1.29, 1.82) is 0 Å². The molecule has 0 spiro atoms. The van der Waals surface area contributed by atoms with Crippen LogP contribution >= 0.6 is 0 Å². The Labute approximate surface area is 101 Å². The van der Waals surface area contributed by atoms with E-state index in [0.29, 0.717) is 5.92 Å². The van der Waals surface area contributed by atoms with Crippen LogP contribution < -0.4 is 5.32 Å². The van der Waals surface area contributed by atoms with Crippen molar-refractivity contribution in [2.75, 3.05) is 20.7 Å². The number of nitrogens with one attached hydrogen (secondary N) is 1. The van der Waals surface area contributed by atoms with Crippen molar-refractivity contribution >= 4 is 0 Å². The third-order valence-electron chi connectivity index (χ3n) is 1.61. The van der Waals surface area contributed by atoms with Gasteiger partial charge in [-0.1, -0.05) is 32.1 Å². The molecule has 0 fully saturated rings. The highest BCUT2D eigenvalue weighted by Crippen LogP contribution is 2.06. The van der Waals surface area contributed by atoms with Crippen molar-refractivity contribution in [3.63, 3.8) is 0 Å². The topological polar surface area (TPSA) is 21.3 Å². The molecule has 0 radical (unpaired) electrons. The summed E-state index contributed by atoms with van der Waals surface area (Å²) in [5.74, 6) is 1.40. The third kappa shape index (κ3) is 13.0. The molecule has 0 aliphatic heterocycles. The highest BCUT2D eigenvalue weighted by molar-refractivity contribution is 5.23. The van der Waals surface area contributed by atoms with Gasteiger partial charge in [0.25, 0.3) is 0 Å². The average molecular weight is 225 g/mol. The van der Waals surface area contributed by atoms with Crippen LogP contribution in [0.4, 0.5) is 0 Å². The van der Waals surface area contributed by atoms with E-state index in [4.69, 9.17) is 4.74 Å². The monoisotopic (exact) mass is 225 g/mol. The van der Waals surface area contributed by atoms with E-state index in [1.807, 2.05) is 40.1 Å². The van der Waals surface area contributed by atoms with Crippen LogP contribution in [0, 0.1) is 5.92 Å². The molecule has 0 aliphatic carbocycles. The number of hydrogen-bond acceptors (Lipinski definition) is 2. The van der Waals surface area contributed by atoms with E-state index < -0.39 is 0 Å². The first kappa shape index (κ1) is 17.4. The fourth-order valence-electron chi connectivity index (χ4n) is 0.730. The zero-order chi connectivity index (χ0) is 13.0. The number of rotatable bonds is 5. The van der Waals surface area contributed by atoms with E-state index in [0.717, 1.165) is 12.4 Å². The summed E-state index contributed by atoms with van der Waals surface area (Å²) in [6.07, 6.45) is 5.78. The van der Waals surface area contributed by atoms with Gasteiger partial charge in [-0.05, 0) is 46.0 Å². The van der Waals surface area contributed by atoms with Crippen molar-refractivity contribution in [2.24, 2.45) is 5.92 Å². The molecule has 0 saturated heterocycles. The van der Waals surface area contributed by atoms with Crippen LogP contribution in [-0.2, 0) is 4.74 Å². The Hall–Kier alpha value is -1.02. The van der Waals surface area contributed by atoms with Crippen LogP contribution in [0.25, 0.3) is 0 Å². The summed E-state index contributed by atoms with van der Waals surface area (Å²) in [4.78, 5) is 0. The summed E-state index contributed by atoms with van der Waals surface area (Å²) in [6, 6.07) is 0. The molecule has 2 heteroatoms. The third-order valence-corrected chi connectivity index (χ3v) is 1.61. The summed E-state index contributed by atoms with van der Waals surface area (Å²) in [5, 5.41) is 2.75. The van der Waals surface area contributed by atoms with Gasteiger partial charge in [-0.2, -0.15) is 0 Å². The maximum atomic E-state index is 5.53. The first-order chi connectivity index (χ1) is 7.51. The molecule has 1 N–H and O–H groups in total. The minimum atomic E-state index is 0.550. The lowest BCUT2D eigenvalue weighted by Gasteiger charge is -2.09. The van der Waals surface area contributed by atoms with Crippen molar-refractivity contribution in [3.8, 4) is 0 Å². The van der Waals surface area contributed by atoms with E-state index in [1.165, 1.54) is 5.57 Å². The maximum absolute atomic E-state index is 5.53. The lowest BCUT2D eigenvalue weighted by atomic mass is 10.2. The molecule has 2 nitrogen and oxygen atoms in total. The molecule has 0 unspecified atom stereocenters. The van der Waals surface area contributed by atoms with Crippen LogP contribution in [0.1, 0.15) is 27.7 Å². The quantitative estimate of drug-likeness (QED) is 0.571. The molecular weight excluding hydrogens is 198 g/mol. The number of hydrogen-bond donors (Lipinski definition) is 1. The largest absolute Gasteiger partial charge is 0.493 e. The van der Waals surface area contributed by atoms with Crippen LogP contribution in [0.3, 0.4) is 0 Å². The second-order valence-electron chi connectivity index (χ2n) is 3.99. The standard InChI is InChI=1S/C12H20O.C2H7N/c1-6-11(5)8-12(7-2)13-9-10(3)4;1-3-2/h6-8,10H,2,9H2,1,3-5H3;3H,1-2H3/b11-6-,12-8+;. The van der Waals surface area contributed by atoms with Crippen LogP contribution in [-0.4, -0.2) is 20.7 Å². The summed E-state index contributed by atoms with van der Waals surface area (Å²) >= 11 is 0. The lowest BCUT2D eigenvalue weighted by molar-refractivity contribution is 0.190. The molecule has 16 heavy (non-hydrogen) atoms. The number of ether oxygens (including phenoxy) is 1. The minimum Gasteiger partial charge on any atom is -0.493 e. The molecule has 0 rings (SSSR count). The predicted molar refractivity (Wildman–Crippen MR) is 73.5 cm³/mol. The summed E-state index contributed by atoms with van der Waals surface area (Å²) < 4.78 is 5.53. The molecule has 0 amide bonds. The van der Waals surface area contributed by atoms with Gasteiger partial charge in [0.1, 0.15) is 5.76 Å². The Morgan fingerprint density at radius 3 is 2.19 bits per heavy atom. The SMILES string of the molecule is C=C/C(=C\C(C)=C/C)OCC(C)C.CNC. The Morgan fingerprint density at radius 2 is 1.88 bits per heavy atom. The molecule has 0 aliphatic rings. The van der Waals surface area contributed by atoms with E-state index in [-0.39, 0.29) is 0 Å². The zero-order valence-electron chi connectivity index (χ0n) is 11.6. The summed E-state index contributed by atoms with van der Waals surface area (Å²) in [6.45, 7) is 12.8. The lowest BCUT2D eigenvalue weighted by Crippen LogP contribution is -2.00. The molecule has 0 aromatic heterocycles. The molecule has 0 bridgehead atoms. The Morgan fingerprint density at radius 1 is 1.38 bits per heavy atom. The minimum absolute atomic E-state index is 0.550. The van der Waals surface area contributed by atoms with Gasteiger partial charge in [0.15, 0.2) is 0 Å². The predicted octanol–water partition coefficient (Wildman–Crippen LogP) is 3.53. The maximum Gasteiger partial charge on any atom is 0.118 e. The van der Waals surface area contributed by atoms with E-state index in [9.17, 15) is 0 Å². The van der Waals surface area contributed by atoms with E-state index >= 15 is 0 Å². The fourth-order valence-corrected chi connectivity index (χ4v) is 0.730. The van der Waals surface area contributed by atoms with E-state index in [1.54, 1.807) is 6.08 Å². The fraction of sp³-hybridized carbons (Fsp3) is 0.571. The van der Waals surface area contributed by atoms with Gasteiger partial charge >= 0.3 is 0 Å². The smallest absolute Gasteiger partial charge is 0.118 e. The molecule has 0 aromatic carbocycles. The van der Waals surface area contributed by atoms with E-state index in [2.05, 4.69) is 25.7 Å². The molecular formula is C14H27NO. The normalized spacial score (nSPS) is 11.9. The zero-order valence-corrected chi connectivity index (χ0v) is 11.6. The second-order valence-corrected chi connectivity index (χ2v) is 3.99. The molecule has 0 saturated carbocycles. The molecule has 0 aromatic rings. The van der Waals surface area contributed by atoms with Crippen LogP contribution in [0.5, 0.6) is 0 Å². The van der Waals surface area contributed by atoms with Gasteiger partial charge in [-0.15, -0.1) is 0 Å². The second kappa shape index (κ2) is 12.1. The van der Waals surface area contributed by atoms with Crippen molar-refractivity contribution < 1.29 is 4.74 Å². The van der Waals surface area contributed by atoms with Gasteiger partial charge in [-0.25, -0.2) is 0 Å².